The summed E-state index contributed by atoms with van der Waals surface area (Å²) in [5, 5.41) is 15.9. The summed E-state index contributed by atoms with van der Waals surface area (Å²) in [5.74, 6) is 0.255. The molecule has 1 rings (SSSR count). The van der Waals surface area contributed by atoms with Crippen molar-refractivity contribution in [3.05, 3.63) is 28.2 Å². The first-order valence-corrected chi connectivity index (χ1v) is 8.18. The number of aromatic hydroxyl groups is 1. The van der Waals surface area contributed by atoms with Crippen molar-refractivity contribution < 1.29 is 14.6 Å². The van der Waals surface area contributed by atoms with Gasteiger partial charge in [0, 0.05) is 29.2 Å². The van der Waals surface area contributed by atoms with Crippen molar-refractivity contribution in [1.82, 2.24) is 10.6 Å². The first-order chi connectivity index (χ1) is 10.2. The zero-order chi connectivity index (χ0) is 16.8. The molecule has 0 aliphatic rings. The Labute approximate surface area is 140 Å². The minimum absolute atomic E-state index is 0.103. The second-order valence-corrected chi connectivity index (χ2v) is 7.06. The van der Waals surface area contributed by atoms with Gasteiger partial charge in [0.25, 0.3) is 0 Å². The molecule has 0 aliphatic carbocycles. The van der Waals surface area contributed by atoms with Crippen LogP contribution in [0.15, 0.2) is 22.7 Å². The third-order valence-corrected chi connectivity index (χ3v) is 3.50. The molecule has 1 aromatic carbocycles. The molecule has 22 heavy (non-hydrogen) atoms. The molecular weight excluding hydrogens is 348 g/mol. The highest BCUT2D eigenvalue weighted by molar-refractivity contribution is 9.10. The molecule has 0 heterocycles. The van der Waals surface area contributed by atoms with Gasteiger partial charge in [-0.3, -0.25) is 0 Å². The largest absolute Gasteiger partial charge is 0.508 e. The van der Waals surface area contributed by atoms with Crippen molar-refractivity contribution in [2.24, 2.45) is 0 Å². The number of halogens is 1. The number of nitrogens with one attached hydrogen (secondary N) is 2. The standard InChI is InChI=1S/C16H25BrN2O3/c1-5-13(10-19-15(21)22-16(2,3)4)18-9-11-8-12(17)6-7-14(11)20/h6-8,13,18,20H,5,9-10H2,1-4H3,(H,19,21). The van der Waals surface area contributed by atoms with Crippen LogP contribution in [0.5, 0.6) is 5.75 Å². The van der Waals surface area contributed by atoms with E-state index in [1.54, 1.807) is 12.1 Å². The van der Waals surface area contributed by atoms with Gasteiger partial charge in [0.1, 0.15) is 11.4 Å². The number of phenols is 1. The Morgan fingerprint density at radius 2 is 2.09 bits per heavy atom. The molecule has 0 saturated heterocycles. The molecule has 1 aromatic rings. The first-order valence-electron chi connectivity index (χ1n) is 7.39. The summed E-state index contributed by atoms with van der Waals surface area (Å²) >= 11 is 3.39. The third kappa shape index (κ3) is 7.13. The number of rotatable bonds is 6. The highest BCUT2D eigenvalue weighted by Gasteiger charge is 2.17. The van der Waals surface area contributed by atoms with Gasteiger partial charge in [-0.1, -0.05) is 22.9 Å². The molecule has 0 saturated carbocycles. The van der Waals surface area contributed by atoms with Crippen molar-refractivity contribution in [3.8, 4) is 5.75 Å². The minimum atomic E-state index is -0.499. The van der Waals surface area contributed by atoms with E-state index in [1.807, 2.05) is 33.8 Å². The van der Waals surface area contributed by atoms with Gasteiger partial charge >= 0.3 is 6.09 Å². The van der Waals surface area contributed by atoms with Crippen LogP contribution in [0, 0.1) is 0 Å². The van der Waals surface area contributed by atoms with Gasteiger partial charge in [0.15, 0.2) is 0 Å². The maximum atomic E-state index is 11.6. The molecule has 0 bridgehead atoms. The van der Waals surface area contributed by atoms with Gasteiger partial charge in [0.05, 0.1) is 0 Å². The number of amides is 1. The smallest absolute Gasteiger partial charge is 0.407 e. The Kier molecular flexibility index (Phi) is 7.16. The fourth-order valence-corrected chi connectivity index (χ4v) is 2.24. The zero-order valence-corrected chi connectivity index (χ0v) is 15.2. The monoisotopic (exact) mass is 372 g/mol. The predicted molar refractivity (Wildman–Crippen MR) is 91.0 cm³/mol. The number of carbonyl (C=O) groups is 1. The number of hydrogen-bond donors (Lipinski definition) is 3. The van der Waals surface area contributed by atoms with Gasteiger partial charge in [-0.15, -0.1) is 0 Å². The van der Waals surface area contributed by atoms with E-state index in [2.05, 4.69) is 26.6 Å². The van der Waals surface area contributed by atoms with E-state index in [1.165, 1.54) is 0 Å². The molecular formula is C16H25BrN2O3. The lowest BCUT2D eigenvalue weighted by Gasteiger charge is -2.22. The van der Waals surface area contributed by atoms with Crippen LogP contribution < -0.4 is 10.6 Å². The van der Waals surface area contributed by atoms with Crippen LogP contribution in [0.3, 0.4) is 0 Å². The molecule has 124 valence electrons. The summed E-state index contributed by atoms with van der Waals surface area (Å²) in [4.78, 5) is 11.6. The molecule has 0 aromatic heterocycles. The zero-order valence-electron chi connectivity index (χ0n) is 13.6. The number of phenolic OH excluding ortho intramolecular Hbond substituents is 1. The molecule has 1 atom stereocenters. The fraction of sp³-hybridized carbons (Fsp3) is 0.562. The SMILES string of the molecule is CCC(CNC(=O)OC(C)(C)C)NCc1cc(Br)ccc1O. The van der Waals surface area contributed by atoms with Crippen LogP contribution >= 0.6 is 15.9 Å². The summed E-state index contributed by atoms with van der Waals surface area (Å²) in [6.45, 7) is 8.53. The van der Waals surface area contributed by atoms with Gasteiger partial charge in [-0.2, -0.15) is 0 Å². The third-order valence-electron chi connectivity index (χ3n) is 3.01. The average Bonchev–Trinajstić information content (AvgIpc) is 2.40. The van der Waals surface area contributed by atoms with E-state index in [0.717, 1.165) is 16.5 Å². The van der Waals surface area contributed by atoms with Crippen LogP contribution in [-0.2, 0) is 11.3 Å². The normalized spacial score (nSPS) is 12.8. The van der Waals surface area contributed by atoms with Crippen molar-refractivity contribution in [2.45, 2.75) is 52.3 Å². The van der Waals surface area contributed by atoms with Crippen LogP contribution in [0.2, 0.25) is 0 Å². The maximum Gasteiger partial charge on any atom is 0.407 e. The topological polar surface area (TPSA) is 70.6 Å². The molecule has 0 fully saturated rings. The fourth-order valence-electron chi connectivity index (χ4n) is 1.83. The van der Waals surface area contributed by atoms with E-state index in [0.29, 0.717) is 13.1 Å². The van der Waals surface area contributed by atoms with E-state index in [-0.39, 0.29) is 11.8 Å². The Morgan fingerprint density at radius 3 is 2.68 bits per heavy atom. The maximum absolute atomic E-state index is 11.6. The second-order valence-electron chi connectivity index (χ2n) is 6.14. The van der Waals surface area contributed by atoms with E-state index < -0.39 is 11.7 Å². The molecule has 1 amide bonds. The van der Waals surface area contributed by atoms with E-state index >= 15 is 0 Å². The van der Waals surface area contributed by atoms with Crippen LogP contribution in [0.4, 0.5) is 4.79 Å². The van der Waals surface area contributed by atoms with Crippen molar-refractivity contribution in [3.63, 3.8) is 0 Å². The quantitative estimate of drug-likeness (QED) is 0.713. The first kappa shape index (κ1) is 18.8. The Bertz CT molecular complexity index is 501. The number of alkyl carbamates (subject to hydrolysis) is 1. The molecule has 3 N–H and O–H groups in total. The molecule has 0 radical (unpaired) electrons. The van der Waals surface area contributed by atoms with Crippen molar-refractivity contribution in [2.75, 3.05) is 6.54 Å². The summed E-state index contributed by atoms with van der Waals surface area (Å²) in [5.41, 5.74) is 0.312. The van der Waals surface area contributed by atoms with Crippen LogP contribution in [0.25, 0.3) is 0 Å². The number of hydrogen-bond acceptors (Lipinski definition) is 4. The Hall–Kier alpha value is -1.27. The molecule has 0 spiro atoms. The lowest BCUT2D eigenvalue weighted by molar-refractivity contribution is 0.0522. The minimum Gasteiger partial charge on any atom is -0.508 e. The predicted octanol–water partition coefficient (Wildman–Crippen LogP) is 3.55. The summed E-state index contributed by atoms with van der Waals surface area (Å²) in [6, 6.07) is 5.42. The lowest BCUT2D eigenvalue weighted by Crippen LogP contribution is -2.42. The van der Waals surface area contributed by atoms with Gasteiger partial charge < -0.3 is 20.5 Å². The highest BCUT2D eigenvalue weighted by Crippen LogP contribution is 2.21. The van der Waals surface area contributed by atoms with Crippen LogP contribution in [-0.4, -0.2) is 29.4 Å². The lowest BCUT2D eigenvalue weighted by atomic mass is 10.1. The van der Waals surface area contributed by atoms with Crippen molar-refractivity contribution in [1.29, 1.82) is 0 Å². The number of benzene rings is 1. The second kappa shape index (κ2) is 8.39. The van der Waals surface area contributed by atoms with Gasteiger partial charge in [-0.05, 0) is 45.4 Å². The molecule has 1 unspecified atom stereocenters. The number of carbonyl (C=O) groups excluding carboxylic acids is 1. The summed E-state index contributed by atoms with van der Waals surface area (Å²) < 4.78 is 6.12. The molecule has 0 aliphatic heterocycles. The van der Waals surface area contributed by atoms with Crippen molar-refractivity contribution >= 4 is 22.0 Å². The van der Waals surface area contributed by atoms with E-state index in [4.69, 9.17) is 4.74 Å². The van der Waals surface area contributed by atoms with Crippen LogP contribution in [0.1, 0.15) is 39.7 Å². The Morgan fingerprint density at radius 1 is 1.41 bits per heavy atom. The molecule has 5 nitrogen and oxygen atoms in total. The highest BCUT2D eigenvalue weighted by atomic mass is 79.9. The average molecular weight is 373 g/mol. The number of ether oxygens (including phenoxy) is 1. The summed E-state index contributed by atoms with van der Waals surface area (Å²) in [6.07, 6.45) is 0.433. The van der Waals surface area contributed by atoms with Gasteiger partial charge in [-0.25, -0.2) is 4.79 Å². The molecule has 6 heteroatoms. The van der Waals surface area contributed by atoms with Gasteiger partial charge in [0.2, 0.25) is 0 Å². The Balaban J connectivity index is 2.45. The van der Waals surface area contributed by atoms with E-state index in [9.17, 15) is 9.90 Å². The summed E-state index contributed by atoms with van der Waals surface area (Å²) in [7, 11) is 0.